The van der Waals surface area contributed by atoms with Crippen molar-refractivity contribution in [1.82, 2.24) is 15.2 Å². The minimum atomic E-state index is -0.273. The fourth-order valence-corrected chi connectivity index (χ4v) is 1.46. The molecule has 90 valence electrons. The number of aromatic nitrogens is 3. The maximum atomic E-state index is 5.86. The molecule has 1 atom stereocenters. The van der Waals surface area contributed by atoms with Crippen molar-refractivity contribution in [1.29, 1.82) is 0 Å². The van der Waals surface area contributed by atoms with Crippen LogP contribution in [-0.2, 0) is 6.54 Å². The van der Waals surface area contributed by atoms with Gasteiger partial charge in [0.05, 0.1) is 0 Å². The standard InChI is InChI=1S/C11H13ClN4O/c1-8(12)10-14-15-11(17-10)16(2)7-9-3-5-13-6-4-9/h3-6,8H,7H2,1-2H3. The number of hydrogen-bond acceptors (Lipinski definition) is 5. The summed E-state index contributed by atoms with van der Waals surface area (Å²) in [5.74, 6) is 0.434. The Labute approximate surface area is 104 Å². The molecule has 0 aromatic carbocycles. The molecular weight excluding hydrogens is 240 g/mol. The zero-order valence-corrected chi connectivity index (χ0v) is 10.4. The van der Waals surface area contributed by atoms with Crippen LogP contribution in [0.15, 0.2) is 28.9 Å². The molecule has 0 aliphatic carbocycles. The second-order valence-electron chi connectivity index (χ2n) is 3.75. The van der Waals surface area contributed by atoms with Crippen molar-refractivity contribution < 1.29 is 4.42 Å². The molecule has 17 heavy (non-hydrogen) atoms. The first-order chi connectivity index (χ1) is 8.16. The monoisotopic (exact) mass is 252 g/mol. The van der Waals surface area contributed by atoms with Gasteiger partial charge in [-0.15, -0.1) is 16.7 Å². The Kier molecular flexibility index (Phi) is 3.58. The molecule has 2 aromatic heterocycles. The lowest BCUT2D eigenvalue weighted by Crippen LogP contribution is -2.16. The number of hydrogen-bond donors (Lipinski definition) is 0. The lowest BCUT2D eigenvalue weighted by molar-refractivity contribution is 0.489. The van der Waals surface area contributed by atoms with Gasteiger partial charge in [0, 0.05) is 26.0 Å². The van der Waals surface area contributed by atoms with Gasteiger partial charge in [-0.2, -0.15) is 0 Å². The van der Waals surface area contributed by atoms with E-state index in [1.165, 1.54) is 0 Å². The lowest BCUT2D eigenvalue weighted by atomic mass is 10.2. The average Bonchev–Trinajstić information content (AvgIpc) is 2.79. The first kappa shape index (κ1) is 11.9. The fraction of sp³-hybridized carbons (Fsp3) is 0.364. The van der Waals surface area contributed by atoms with E-state index in [0.717, 1.165) is 5.56 Å². The van der Waals surface area contributed by atoms with E-state index in [2.05, 4.69) is 15.2 Å². The smallest absolute Gasteiger partial charge is 0.318 e. The van der Waals surface area contributed by atoms with Crippen LogP contribution in [0.3, 0.4) is 0 Å². The van der Waals surface area contributed by atoms with Crippen molar-refractivity contribution in [3.8, 4) is 0 Å². The Morgan fingerprint density at radius 1 is 1.35 bits per heavy atom. The van der Waals surface area contributed by atoms with Gasteiger partial charge < -0.3 is 9.32 Å². The van der Waals surface area contributed by atoms with E-state index in [-0.39, 0.29) is 5.38 Å². The second kappa shape index (κ2) is 5.14. The predicted molar refractivity (Wildman–Crippen MR) is 64.9 cm³/mol. The number of anilines is 1. The van der Waals surface area contributed by atoms with Gasteiger partial charge in [0.1, 0.15) is 5.38 Å². The first-order valence-electron chi connectivity index (χ1n) is 5.24. The number of halogens is 1. The summed E-state index contributed by atoms with van der Waals surface area (Å²) >= 11 is 5.86. The van der Waals surface area contributed by atoms with Crippen LogP contribution in [0.4, 0.5) is 6.01 Å². The molecule has 0 saturated heterocycles. The van der Waals surface area contributed by atoms with Gasteiger partial charge in [-0.3, -0.25) is 4.98 Å². The highest BCUT2D eigenvalue weighted by atomic mass is 35.5. The summed E-state index contributed by atoms with van der Waals surface area (Å²) in [6.07, 6.45) is 3.51. The molecule has 0 fully saturated rings. The summed E-state index contributed by atoms with van der Waals surface area (Å²) in [6, 6.07) is 4.35. The normalized spacial score (nSPS) is 12.4. The molecule has 0 aliphatic heterocycles. The van der Waals surface area contributed by atoms with E-state index < -0.39 is 0 Å². The van der Waals surface area contributed by atoms with Crippen LogP contribution >= 0.6 is 11.6 Å². The third-order valence-electron chi connectivity index (χ3n) is 2.27. The minimum Gasteiger partial charge on any atom is -0.406 e. The second-order valence-corrected chi connectivity index (χ2v) is 4.41. The van der Waals surface area contributed by atoms with Gasteiger partial charge in [-0.25, -0.2) is 0 Å². The van der Waals surface area contributed by atoms with E-state index in [1.54, 1.807) is 19.3 Å². The van der Waals surface area contributed by atoms with Gasteiger partial charge in [-0.1, -0.05) is 5.10 Å². The van der Waals surface area contributed by atoms with E-state index in [4.69, 9.17) is 16.0 Å². The summed E-state index contributed by atoms with van der Waals surface area (Å²) in [4.78, 5) is 5.83. The predicted octanol–water partition coefficient (Wildman–Crippen LogP) is 2.40. The van der Waals surface area contributed by atoms with Crippen molar-refractivity contribution in [2.24, 2.45) is 0 Å². The van der Waals surface area contributed by atoms with Crippen molar-refractivity contribution >= 4 is 17.6 Å². The Bertz CT molecular complexity index is 471. The first-order valence-corrected chi connectivity index (χ1v) is 5.68. The highest BCUT2D eigenvalue weighted by Gasteiger charge is 2.14. The van der Waals surface area contributed by atoms with Crippen molar-refractivity contribution in [3.05, 3.63) is 36.0 Å². The van der Waals surface area contributed by atoms with Gasteiger partial charge in [0.15, 0.2) is 0 Å². The third-order valence-corrected chi connectivity index (χ3v) is 2.45. The molecule has 0 spiro atoms. The molecule has 6 heteroatoms. The average molecular weight is 253 g/mol. The van der Waals surface area contributed by atoms with E-state index in [1.807, 2.05) is 24.1 Å². The Morgan fingerprint density at radius 3 is 2.65 bits per heavy atom. The highest BCUT2D eigenvalue weighted by Crippen LogP contribution is 2.21. The lowest BCUT2D eigenvalue weighted by Gasteiger charge is -2.13. The van der Waals surface area contributed by atoms with Crippen LogP contribution in [0.25, 0.3) is 0 Å². The molecule has 2 aromatic rings. The quantitative estimate of drug-likeness (QED) is 0.782. The van der Waals surface area contributed by atoms with Crippen molar-refractivity contribution in [3.63, 3.8) is 0 Å². The van der Waals surface area contributed by atoms with E-state index in [0.29, 0.717) is 18.5 Å². The molecule has 5 nitrogen and oxygen atoms in total. The molecule has 1 unspecified atom stereocenters. The summed E-state index contributed by atoms with van der Waals surface area (Å²) in [6.45, 7) is 2.47. The summed E-state index contributed by atoms with van der Waals surface area (Å²) in [5.41, 5.74) is 1.13. The largest absolute Gasteiger partial charge is 0.406 e. The molecule has 0 radical (unpaired) electrons. The summed E-state index contributed by atoms with van der Waals surface area (Å²) < 4.78 is 5.44. The number of alkyl halides is 1. The zero-order chi connectivity index (χ0) is 12.3. The number of nitrogens with zero attached hydrogens (tertiary/aromatic N) is 4. The third kappa shape index (κ3) is 2.94. The molecular formula is C11H13ClN4O. The van der Waals surface area contributed by atoms with Crippen LogP contribution in [0, 0.1) is 0 Å². The van der Waals surface area contributed by atoms with Gasteiger partial charge in [0.2, 0.25) is 5.89 Å². The van der Waals surface area contributed by atoms with Gasteiger partial charge in [0.25, 0.3) is 0 Å². The van der Waals surface area contributed by atoms with Crippen LogP contribution in [-0.4, -0.2) is 22.2 Å². The summed E-state index contributed by atoms with van der Waals surface area (Å²) in [7, 11) is 1.89. The maximum absolute atomic E-state index is 5.86. The van der Waals surface area contributed by atoms with Crippen molar-refractivity contribution in [2.45, 2.75) is 18.8 Å². The van der Waals surface area contributed by atoms with Crippen molar-refractivity contribution in [2.75, 3.05) is 11.9 Å². The number of pyridine rings is 1. The number of rotatable bonds is 4. The molecule has 0 bridgehead atoms. The van der Waals surface area contributed by atoms with Gasteiger partial charge >= 0.3 is 6.01 Å². The van der Waals surface area contributed by atoms with Crippen LogP contribution in [0.2, 0.25) is 0 Å². The molecule has 0 amide bonds. The molecule has 2 heterocycles. The van der Waals surface area contributed by atoms with Gasteiger partial charge in [-0.05, 0) is 24.6 Å². The Morgan fingerprint density at radius 2 is 2.06 bits per heavy atom. The molecule has 2 rings (SSSR count). The van der Waals surface area contributed by atoms with Crippen LogP contribution in [0.5, 0.6) is 0 Å². The molecule has 0 saturated carbocycles. The Balaban J connectivity index is 2.07. The highest BCUT2D eigenvalue weighted by molar-refractivity contribution is 6.20. The van der Waals surface area contributed by atoms with Crippen LogP contribution < -0.4 is 4.90 Å². The Hall–Kier alpha value is -1.62. The zero-order valence-electron chi connectivity index (χ0n) is 9.67. The minimum absolute atomic E-state index is 0.273. The topological polar surface area (TPSA) is 55.1 Å². The summed E-state index contributed by atoms with van der Waals surface area (Å²) in [5, 5.41) is 7.55. The molecule has 0 N–H and O–H groups in total. The van der Waals surface area contributed by atoms with E-state index >= 15 is 0 Å². The van der Waals surface area contributed by atoms with E-state index in [9.17, 15) is 0 Å². The maximum Gasteiger partial charge on any atom is 0.318 e. The molecule has 0 aliphatic rings. The van der Waals surface area contributed by atoms with Crippen LogP contribution in [0.1, 0.15) is 23.8 Å². The fourth-order valence-electron chi connectivity index (χ4n) is 1.37. The SMILES string of the molecule is CC(Cl)c1nnc(N(C)Cc2ccncc2)o1.